The highest BCUT2D eigenvalue weighted by Gasteiger charge is 2.30. The van der Waals surface area contributed by atoms with Crippen LogP contribution in [0.5, 0.6) is 11.8 Å². The Balaban J connectivity index is 1.29. The molecule has 1 fully saturated rings. The van der Waals surface area contributed by atoms with Crippen LogP contribution in [-0.2, 0) is 20.3 Å². The first-order valence-electron chi connectivity index (χ1n) is 14.9. The fourth-order valence-electron chi connectivity index (χ4n) is 5.91. The zero-order chi connectivity index (χ0) is 30.6. The first kappa shape index (κ1) is 29.0. The Kier molecular flexibility index (Phi) is 8.36. The lowest BCUT2D eigenvalue weighted by Crippen LogP contribution is -2.49. The minimum absolute atomic E-state index is 0.0206. The summed E-state index contributed by atoms with van der Waals surface area (Å²) in [5, 5.41) is 15.3. The average Bonchev–Trinajstić information content (AvgIpc) is 3.38. The molecule has 0 saturated carbocycles. The summed E-state index contributed by atoms with van der Waals surface area (Å²) in [6, 6.07) is 30.5. The lowest BCUT2D eigenvalue weighted by Gasteiger charge is -2.41. The number of rotatable bonds is 9. The molecule has 0 bridgehead atoms. The molecule has 1 amide bonds. The van der Waals surface area contributed by atoms with Crippen molar-refractivity contribution in [3.8, 4) is 23.0 Å². The molecule has 0 unspecified atom stereocenters. The molecule has 9 nitrogen and oxygen atoms in total. The summed E-state index contributed by atoms with van der Waals surface area (Å²) in [6.45, 7) is 3.71. The minimum atomic E-state index is -0.878. The number of pyridine rings is 1. The number of piperidine rings is 1. The van der Waals surface area contributed by atoms with Crippen LogP contribution in [0.2, 0.25) is 0 Å². The molecule has 1 aliphatic heterocycles. The number of ether oxygens (including phenoxy) is 2. The zero-order valence-electron chi connectivity index (χ0n) is 25.3. The van der Waals surface area contributed by atoms with Gasteiger partial charge >= 0.3 is 6.09 Å². The molecular formula is C35H37N5O4. The second-order valence-electron chi connectivity index (χ2n) is 11.3. The van der Waals surface area contributed by atoms with Gasteiger partial charge in [-0.2, -0.15) is 10.1 Å². The molecule has 3 aromatic carbocycles. The van der Waals surface area contributed by atoms with Crippen molar-refractivity contribution in [2.45, 2.75) is 45.1 Å². The third-order valence-corrected chi connectivity index (χ3v) is 8.40. The number of hydrogen-bond acceptors (Lipinski definition) is 6. The van der Waals surface area contributed by atoms with E-state index in [1.54, 1.807) is 7.05 Å². The molecule has 226 valence electrons. The van der Waals surface area contributed by atoms with Gasteiger partial charge in [0.15, 0.2) is 0 Å². The molecule has 6 rings (SSSR count). The number of carboxylic acid groups (broad SMARTS) is 1. The molecule has 0 radical (unpaired) electrons. The van der Waals surface area contributed by atoms with Gasteiger partial charge in [-0.25, -0.2) is 4.79 Å². The van der Waals surface area contributed by atoms with Gasteiger partial charge in [0.2, 0.25) is 11.8 Å². The quantitative estimate of drug-likeness (QED) is 0.202. The summed E-state index contributed by atoms with van der Waals surface area (Å²) in [7, 11) is 3.61. The Morgan fingerprint density at radius 1 is 0.955 bits per heavy atom. The maximum atomic E-state index is 11.5. The lowest BCUT2D eigenvalue weighted by molar-refractivity contribution is 0.127. The van der Waals surface area contributed by atoms with Gasteiger partial charge in [-0.05, 0) is 55.2 Å². The molecule has 0 spiro atoms. The second-order valence-corrected chi connectivity index (χ2v) is 11.3. The first-order valence-corrected chi connectivity index (χ1v) is 14.9. The fraction of sp³-hybridized carbons (Fsp3) is 0.286. The van der Waals surface area contributed by atoms with E-state index in [0.717, 1.165) is 58.4 Å². The molecule has 1 N–H and O–H groups in total. The number of benzene rings is 3. The van der Waals surface area contributed by atoms with Gasteiger partial charge in [0.05, 0.1) is 11.1 Å². The predicted molar refractivity (Wildman–Crippen MR) is 171 cm³/mol. The van der Waals surface area contributed by atoms with Crippen molar-refractivity contribution in [2.24, 2.45) is 7.05 Å². The van der Waals surface area contributed by atoms with Crippen molar-refractivity contribution < 1.29 is 19.4 Å². The highest BCUT2D eigenvalue weighted by molar-refractivity contribution is 5.96. The number of nitrogens with zero attached hydrogens (tertiary/aromatic N) is 5. The summed E-state index contributed by atoms with van der Waals surface area (Å²) in [4.78, 5) is 20.1. The summed E-state index contributed by atoms with van der Waals surface area (Å²) >= 11 is 0. The van der Waals surface area contributed by atoms with E-state index in [-0.39, 0.29) is 12.1 Å². The van der Waals surface area contributed by atoms with Crippen LogP contribution in [-0.4, -0.2) is 56.5 Å². The van der Waals surface area contributed by atoms with Gasteiger partial charge in [-0.1, -0.05) is 60.7 Å². The molecular weight excluding hydrogens is 554 g/mol. The van der Waals surface area contributed by atoms with E-state index in [9.17, 15) is 9.90 Å². The zero-order valence-corrected chi connectivity index (χ0v) is 25.3. The maximum Gasteiger partial charge on any atom is 0.407 e. The van der Waals surface area contributed by atoms with Crippen molar-refractivity contribution in [3.63, 3.8) is 0 Å². The second kappa shape index (κ2) is 12.7. The van der Waals surface area contributed by atoms with Crippen molar-refractivity contribution in [1.82, 2.24) is 19.7 Å². The van der Waals surface area contributed by atoms with Gasteiger partial charge in [-0.3, -0.25) is 4.68 Å². The molecule has 3 heterocycles. The highest BCUT2D eigenvalue weighted by atomic mass is 16.5. The number of aryl methyl sites for hydroxylation is 1. The highest BCUT2D eigenvalue weighted by Crippen LogP contribution is 2.37. The van der Waals surface area contributed by atoms with E-state index >= 15 is 0 Å². The van der Waals surface area contributed by atoms with Crippen LogP contribution in [0.25, 0.3) is 22.2 Å². The molecule has 1 saturated heterocycles. The fourth-order valence-corrected chi connectivity index (χ4v) is 5.91. The number of hydrogen-bond donors (Lipinski definition) is 1. The van der Waals surface area contributed by atoms with Gasteiger partial charge in [0, 0.05) is 49.9 Å². The van der Waals surface area contributed by atoms with Gasteiger partial charge in [-0.15, -0.1) is 0 Å². The first-order chi connectivity index (χ1) is 21.4. The third kappa shape index (κ3) is 6.17. The normalized spacial score (nSPS) is 16.6. The van der Waals surface area contributed by atoms with E-state index in [4.69, 9.17) is 19.6 Å². The van der Waals surface area contributed by atoms with Crippen molar-refractivity contribution in [1.29, 1.82) is 0 Å². The van der Waals surface area contributed by atoms with Crippen LogP contribution >= 0.6 is 0 Å². The molecule has 44 heavy (non-hydrogen) atoms. The topological polar surface area (TPSA) is 93.0 Å². The summed E-state index contributed by atoms with van der Waals surface area (Å²) < 4.78 is 14.2. The van der Waals surface area contributed by atoms with Crippen molar-refractivity contribution in [3.05, 3.63) is 102 Å². The van der Waals surface area contributed by atoms with Crippen molar-refractivity contribution >= 4 is 22.7 Å². The average molecular weight is 592 g/mol. The number of aromatic nitrogens is 3. The molecule has 2 aromatic heterocycles. The van der Waals surface area contributed by atoms with E-state index in [0.29, 0.717) is 25.0 Å². The van der Waals surface area contributed by atoms with Gasteiger partial charge in [0.25, 0.3) is 0 Å². The Hall–Kier alpha value is -5.05. The molecule has 5 aromatic rings. The predicted octanol–water partition coefficient (Wildman–Crippen LogP) is 6.76. The van der Waals surface area contributed by atoms with E-state index in [1.807, 2.05) is 84.5 Å². The largest absolute Gasteiger partial charge is 0.473 e. The molecule has 2 atom stereocenters. The van der Waals surface area contributed by atoms with E-state index < -0.39 is 6.09 Å². The number of anilines is 1. The van der Waals surface area contributed by atoms with E-state index in [2.05, 4.69) is 30.0 Å². The smallest absolute Gasteiger partial charge is 0.407 e. The van der Waals surface area contributed by atoms with Crippen LogP contribution in [0.4, 0.5) is 10.5 Å². The van der Waals surface area contributed by atoms with Crippen molar-refractivity contribution in [2.75, 3.05) is 18.5 Å². The summed E-state index contributed by atoms with van der Waals surface area (Å²) in [5.74, 6) is 0.941. The number of carbonyl (C=O) groups is 1. The van der Waals surface area contributed by atoms with Crippen LogP contribution in [0.3, 0.4) is 0 Å². The maximum absolute atomic E-state index is 11.5. The lowest BCUT2D eigenvalue weighted by atomic mass is 9.96. The number of amides is 1. The monoisotopic (exact) mass is 591 g/mol. The Morgan fingerprint density at radius 3 is 2.30 bits per heavy atom. The number of fused-ring (bicyclic) bond motifs is 1. The SMILES string of the molecule is C[C@@H]1C[C@H](N(C)C(=O)O)CCN1c1ccc2c(-c3ccc(OCc4ccccc4)nc3OCc3ccccc3)nn(C)c2c1. The van der Waals surface area contributed by atoms with Crippen LogP contribution < -0.4 is 14.4 Å². The van der Waals surface area contributed by atoms with Crippen LogP contribution in [0.15, 0.2) is 91.0 Å². The van der Waals surface area contributed by atoms with Gasteiger partial charge in [0.1, 0.15) is 18.9 Å². The summed E-state index contributed by atoms with van der Waals surface area (Å²) in [5.41, 5.74) is 5.77. The van der Waals surface area contributed by atoms with Gasteiger partial charge < -0.3 is 24.4 Å². The molecule has 9 heteroatoms. The Morgan fingerprint density at radius 2 is 1.64 bits per heavy atom. The Bertz CT molecular complexity index is 1740. The van der Waals surface area contributed by atoms with E-state index in [1.165, 1.54) is 4.90 Å². The standard InChI is InChI=1S/C35H37N5O4/c1-24-20-27(38(2)35(41)42)18-19-40(24)28-14-15-29-31(21-28)39(3)37-33(29)30-16-17-32(43-22-25-10-6-4-7-11-25)36-34(30)44-23-26-12-8-5-9-13-26/h4-17,21,24,27H,18-20,22-23H2,1-3H3,(H,41,42)/t24-,27-/m1/s1. The molecule has 1 aliphatic rings. The van der Waals surface area contributed by atoms with Crippen LogP contribution in [0, 0.1) is 0 Å². The summed E-state index contributed by atoms with van der Waals surface area (Å²) in [6.07, 6.45) is 0.690. The minimum Gasteiger partial charge on any atom is -0.473 e. The third-order valence-electron chi connectivity index (χ3n) is 8.40. The van der Waals surface area contributed by atoms with Crippen LogP contribution in [0.1, 0.15) is 30.9 Å². The Labute approximate surface area is 257 Å². The molecule has 0 aliphatic carbocycles.